The zero-order valence-electron chi connectivity index (χ0n) is 10.2. The number of aromatic nitrogens is 2. The first-order valence-corrected chi connectivity index (χ1v) is 6.07. The Labute approximate surface area is 96.3 Å². The van der Waals surface area contributed by atoms with E-state index in [1.165, 1.54) is 36.3 Å². The molecule has 0 atom stereocenters. The number of rotatable bonds is 0. The van der Waals surface area contributed by atoms with Crippen LogP contribution in [0.25, 0.3) is 5.65 Å². The average molecular weight is 214 g/mol. The summed E-state index contributed by atoms with van der Waals surface area (Å²) >= 11 is 0. The lowest BCUT2D eigenvalue weighted by molar-refractivity contribution is 0.418. The normalized spacial score (nSPS) is 18.7. The second-order valence-corrected chi connectivity index (χ2v) is 5.51. The van der Waals surface area contributed by atoms with Crippen molar-refractivity contribution in [2.24, 2.45) is 0 Å². The highest BCUT2D eigenvalue weighted by atomic mass is 15.0. The van der Waals surface area contributed by atoms with E-state index < -0.39 is 0 Å². The van der Waals surface area contributed by atoms with E-state index in [1.807, 2.05) is 0 Å². The molecule has 0 radical (unpaired) electrons. The van der Waals surface area contributed by atoms with Crippen molar-refractivity contribution in [3.8, 4) is 0 Å². The van der Waals surface area contributed by atoms with Crippen molar-refractivity contribution in [3.05, 3.63) is 35.3 Å². The predicted molar refractivity (Wildman–Crippen MR) is 65.9 cm³/mol. The fourth-order valence-electron chi connectivity index (χ4n) is 2.91. The highest BCUT2D eigenvalue weighted by molar-refractivity contribution is 5.47. The number of nitrogens with zero attached hydrogens (tertiary/aromatic N) is 2. The molecule has 2 aromatic heterocycles. The van der Waals surface area contributed by atoms with Gasteiger partial charge in [-0.25, -0.2) is 4.98 Å². The van der Waals surface area contributed by atoms with Gasteiger partial charge >= 0.3 is 0 Å². The fraction of sp³-hybridized carbons (Fsp3) is 0.500. The summed E-state index contributed by atoms with van der Waals surface area (Å²) in [5, 5.41) is 0. The topological polar surface area (TPSA) is 17.3 Å². The molecule has 0 aromatic carbocycles. The first-order chi connectivity index (χ1) is 7.59. The summed E-state index contributed by atoms with van der Waals surface area (Å²) in [5.41, 5.74) is 5.40. The number of pyridine rings is 1. The van der Waals surface area contributed by atoms with Crippen LogP contribution in [0.15, 0.2) is 18.2 Å². The van der Waals surface area contributed by atoms with Gasteiger partial charge in [0.25, 0.3) is 0 Å². The maximum absolute atomic E-state index is 4.83. The van der Waals surface area contributed by atoms with Crippen molar-refractivity contribution in [2.45, 2.75) is 45.4 Å². The molecule has 84 valence electrons. The fourth-order valence-corrected chi connectivity index (χ4v) is 2.91. The van der Waals surface area contributed by atoms with Crippen LogP contribution >= 0.6 is 0 Å². The molecule has 2 nitrogen and oxygen atoms in total. The second-order valence-electron chi connectivity index (χ2n) is 5.51. The first-order valence-electron chi connectivity index (χ1n) is 6.07. The molecule has 2 heterocycles. The van der Waals surface area contributed by atoms with Gasteiger partial charge in [-0.2, -0.15) is 0 Å². The van der Waals surface area contributed by atoms with Gasteiger partial charge in [-0.15, -0.1) is 0 Å². The lowest BCUT2D eigenvalue weighted by Gasteiger charge is -2.28. The minimum absolute atomic E-state index is 0.242. The first kappa shape index (κ1) is 9.88. The summed E-state index contributed by atoms with van der Waals surface area (Å²) in [7, 11) is 0. The molecule has 0 saturated carbocycles. The molecule has 2 heteroatoms. The van der Waals surface area contributed by atoms with E-state index in [9.17, 15) is 0 Å². The highest BCUT2D eigenvalue weighted by Crippen LogP contribution is 2.36. The third kappa shape index (κ3) is 1.22. The Hall–Kier alpha value is -1.31. The summed E-state index contributed by atoms with van der Waals surface area (Å²) < 4.78 is 2.33. The van der Waals surface area contributed by atoms with Crippen molar-refractivity contribution in [3.63, 3.8) is 0 Å². The van der Waals surface area contributed by atoms with Crippen LogP contribution in [-0.2, 0) is 11.8 Å². The lowest BCUT2D eigenvalue weighted by atomic mass is 9.78. The maximum Gasteiger partial charge on any atom is 0.137 e. The quantitative estimate of drug-likeness (QED) is 0.658. The molecule has 0 spiro atoms. The van der Waals surface area contributed by atoms with Crippen LogP contribution in [0, 0.1) is 6.92 Å². The third-order valence-electron chi connectivity index (χ3n) is 3.79. The van der Waals surface area contributed by atoms with Gasteiger partial charge in [-0.05, 0) is 38.3 Å². The van der Waals surface area contributed by atoms with Crippen molar-refractivity contribution in [1.82, 2.24) is 9.38 Å². The van der Waals surface area contributed by atoms with Crippen LogP contribution in [0.5, 0.6) is 0 Å². The maximum atomic E-state index is 4.83. The molecule has 0 bridgehead atoms. The molecule has 0 unspecified atom stereocenters. The number of hydrogen-bond acceptors (Lipinski definition) is 1. The standard InChI is InChI=1S/C14H18N2/c1-10-6-4-8-12-15-13-11(16(10)12)7-5-9-14(13,2)3/h4,6,8H,5,7,9H2,1-3H3. The lowest BCUT2D eigenvalue weighted by Crippen LogP contribution is -2.24. The van der Waals surface area contributed by atoms with Gasteiger partial charge in [-0.3, -0.25) is 0 Å². The van der Waals surface area contributed by atoms with Crippen molar-refractivity contribution < 1.29 is 0 Å². The van der Waals surface area contributed by atoms with E-state index in [0.29, 0.717) is 0 Å². The molecule has 0 saturated heterocycles. The van der Waals surface area contributed by atoms with Gasteiger partial charge in [0.1, 0.15) is 5.65 Å². The summed E-state index contributed by atoms with van der Waals surface area (Å²) in [4.78, 5) is 4.83. The smallest absolute Gasteiger partial charge is 0.137 e. The molecule has 3 rings (SSSR count). The molecule has 1 aliphatic rings. The number of fused-ring (bicyclic) bond motifs is 3. The van der Waals surface area contributed by atoms with Crippen LogP contribution in [-0.4, -0.2) is 9.38 Å². The molecule has 0 fully saturated rings. The molecule has 0 N–H and O–H groups in total. The van der Waals surface area contributed by atoms with Crippen LogP contribution in [0.2, 0.25) is 0 Å². The average Bonchev–Trinajstić information content (AvgIpc) is 2.59. The third-order valence-corrected chi connectivity index (χ3v) is 3.79. The predicted octanol–water partition coefficient (Wildman–Crippen LogP) is 3.26. The molecule has 2 aromatic rings. The zero-order valence-corrected chi connectivity index (χ0v) is 10.2. The Kier molecular flexibility index (Phi) is 1.91. The summed E-state index contributed by atoms with van der Waals surface area (Å²) in [5.74, 6) is 0. The summed E-state index contributed by atoms with van der Waals surface area (Å²) in [6, 6.07) is 6.37. The van der Waals surface area contributed by atoms with Crippen LogP contribution in [0.4, 0.5) is 0 Å². The minimum atomic E-state index is 0.242. The minimum Gasteiger partial charge on any atom is -0.301 e. The van der Waals surface area contributed by atoms with Gasteiger partial charge in [0, 0.05) is 16.8 Å². The molecule has 0 amide bonds. The van der Waals surface area contributed by atoms with Crippen LogP contribution in [0.3, 0.4) is 0 Å². The molecule has 0 aliphatic heterocycles. The van der Waals surface area contributed by atoms with E-state index in [4.69, 9.17) is 4.98 Å². The Bertz CT molecular complexity index is 549. The van der Waals surface area contributed by atoms with Gasteiger partial charge < -0.3 is 4.40 Å². The molecular weight excluding hydrogens is 196 g/mol. The van der Waals surface area contributed by atoms with Crippen molar-refractivity contribution >= 4 is 5.65 Å². The number of imidazole rings is 1. The van der Waals surface area contributed by atoms with E-state index >= 15 is 0 Å². The number of aryl methyl sites for hydroxylation is 2. The SMILES string of the molecule is Cc1cccc2nc3c(n12)CCCC3(C)C. The van der Waals surface area contributed by atoms with Crippen LogP contribution < -0.4 is 0 Å². The van der Waals surface area contributed by atoms with E-state index in [-0.39, 0.29) is 5.41 Å². The Morgan fingerprint density at radius 3 is 2.94 bits per heavy atom. The van der Waals surface area contributed by atoms with E-state index in [0.717, 1.165) is 5.65 Å². The second kappa shape index (κ2) is 3.09. The van der Waals surface area contributed by atoms with Gasteiger partial charge in [0.2, 0.25) is 0 Å². The molecule has 1 aliphatic carbocycles. The Balaban J connectivity index is 2.38. The van der Waals surface area contributed by atoms with Gasteiger partial charge in [0.15, 0.2) is 0 Å². The molecule has 16 heavy (non-hydrogen) atoms. The van der Waals surface area contributed by atoms with Crippen LogP contribution in [0.1, 0.15) is 43.8 Å². The number of hydrogen-bond donors (Lipinski definition) is 0. The van der Waals surface area contributed by atoms with E-state index in [1.54, 1.807) is 0 Å². The Morgan fingerprint density at radius 1 is 1.31 bits per heavy atom. The van der Waals surface area contributed by atoms with Gasteiger partial charge in [0.05, 0.1) is 5.69 Å². The summed E-state index contributed by atoms with van der Waals surface area (Å²) in [6.07, 6.45) is 3.70. The van der Waals surface area contributed by atoms with E-state index in [2.05, 4.69) is 43.4 Å². The highest BCUT2D eigenvalue weighted by Gasteiger charge is 2.31. The monoisotopic (exact) mass is 214 g/mol. The van der Waals surface area contributed by atoms with Crippen molar-refractivity contribution in [2.75, 3.05) is 0 Å². The van der Waals surface area contributed by atoms with Crippen molar-refractivity contribution in [1.29, 1.82) is 0 Å². The largest absolute Gasteiger partial charge is 0.301 e. The summed E-state index contributed by atoms with van der Waals surface area (Å²) in [6.45, 7) is 6.79. The Morgan fingerprint density at radius 2 is 2.12 bits per heavy atom. The zero-order chi connectivity index (χ0) is 11.3. The van der Waals surface area contributed by atoms with Gasteiger partial charge in [-0.1, -0.05) is 19.9 Å². The molecular formula is C14H18N2.